The Kier molecular flexibility index (Phi) is 4.90. The predicted molar refractivity (Wildman–Crippen MR) is 78.9 cm³/mol. The van der Waals surface area contributed by atoms with Crippen LogP contribution in [0.4, 0.5) is 14.5 Å². The SMILES string of the molecule is COC(=O)C(Nc1ccccc1Br)c1cc(F)cc(F)c1. The van der Waals surface area contributed by atoms with Gasteiger partial charge in [-0.15, -0.1) is 0 Å². The Balaban J connectivity index is 2.39. The molecule has 0 amide bonds. The smallest absolute Gasteiger partial charge is 0.332 e. The van der Waals surface area contributed by atoms with E-state index in [9.17, 15) is 13.6 Å². The first-order chi connectivity index (χ1) is 10.0. The van der Waals surface area contributed by atoms with E-state index in [0.717, 1.165) is 22.7 Å². The molecule has 3 nitrogen and oxygen atoms in total. The van der Waals surface area contributed by atoms with E-state index in [1.807, 2.05) is 6.07 Å². The number of nitrogens with one attached hydrogen (secondary N) is 1. The van der Waals surface area contributed by atoms with Gasteiger partial charge in [0, 0.05) is 16.2 Å². The quantitative estimate of drug-likeness (QED) is 0.840. The van der Waals surface area contributed by atoms with Crippen LogP contribution in [0.25, 0.3) is 0 Å². The zero-order valence-corrected chi connectivity index (χ0v) is 12.7. The summed E-state index contributed by atoms with van der Waals surface area (Å²) in [5, 5.41) is 2.91. The van der Waals surface area contributed by atoms with Crippen LogP contribution in [0.1, 0.15) is 11.6 Å². The minimum Gasteiger partial charge on any atom is -0.467 e. The van der Waals surface area contributed by atoms with E-state index in [2.05, 4.69) is 21.2 Å². The van der Waals surface area contributed by atoms with Gasteiger partial charge >= 0.3 is 5.97 Å². The zero-order chi connectivity index (χ0) is 15.4. The van der Waals surface area contributed by atoms with Crippen molar-refractivity contribution >= 4 is 27.6 Å². The van der Waals surface area contributed by atoms with E-state index in [-0.39, 0.29) is 5.56 Å². The van der Waals surface area contributed by atoms with Gasteiger partial charge in [-0.25, -0.2) is 13.6 Å². The third-order valence-corrected chi connectivity index (χ3v) is 3.52. The first-order valence-electron chi connectivity index (χ1n) is 6.06. The van der Waals surface area contributed by atoms with Crippen LogP contribution in [-0.2, 0) is 9.53 Å². The second-order valence-electron chi connectivity index (χ2n) is 4.28. The minimum absolute atomic E-state index is 0.148. The number of anilines is 1. The number of hydrogen-bond acceptors (Lipinski definition) is 3. The normalized spacial score (nSPS) is 11.8. The molecule has 0 aliphatic rings. The molecule has 0 bridgehead atoms. The van der Waals surface area contributed by atoms with Gasteiger partial charge in [-0.2, -0.15) is 0 Å². The van der Waals surface area contributed by atoms with Crippen molar-refractivity contribution < 1.29 is 18.3 Å². The molecule has 0 aromatic heterocycles. The molecule has 0 saturated carbocycles. The van der Waals surface area contributed by atoms with Crippen molar-refractivity contribution in [3.05, 3.63) is 64.1 Å². The summed E-state index contributed by atoms with van der Waals surface area (Å²) in [6.07, 6.45) is 0. The highest BCUT2D eigenvalue weighted by molar-refractivity contribution is 9.10. The number of carbonyl (C=O) groups is 1. The zero-order valence-electron chi connectivity index (χ0n) is 11.1. The molecule has 0 heterocycles. The molecule has 2 rings (SSSR count). The highest BCUT2D eigenvalue weighted by Crippen LogP contribution is 2.27. The molecule has 1 unspecified atom stereocenters. The van der Waals surface area contributed by atoms with Crippen LogP contribution in [0.2, 0.25) is 0 Å². The molecule has 2 aromatic rings. The molecule has 0 spiro atoms. The number of para-hydroxylation sites is 1. The maximum absolute atomic E-state index is 13.3. The van der Waals surface area contributed by atoms with Crippen molar-refractivity contribution in [1.82, 2.24) is 0 Å². The van der Waals surface area contributed by atoms with Crippen molar-refractivity contribution in [3.8, 4) is 0 Å². The maximum atomic E-state index is 13.3. The van der Waals surface area contributed by atoms with Gasteiger partial charge in [0.1, 0.15) is 11.6 Å². The van der Waals surface area contributed by atoms with Gasteiger partial charge in [-0.05, 0) is 45.8 Å². The Hall–Kier alpha value is -1.95. The van der Waals surface area contributed by atoms with E-state index in [1.165, 1.54) is 7.11 Å². The predicted octanol–water partition coefficient (Wildman–Crippen LogP) is 4.05. The summed E-state index contributed by atoms with van der Waals surface area (Å²) in [4.78, 5) is 11.9. The molecule has 0 radical (unpaired) electrons. The fourth-order valence-corrected chi connectivity index (χ4v) is 2.27. The Morgan fingerprint density at radius 3 is 2.38 bits per heavy atom. The van der Waals surface area contributed by atoms with Gasteiger partial charge in [0.25, 0.3) is 0 Å². The molecular formula is C15H12BrF2NO2. The molecular weight excluding hydrogens is 344 g/mol. The van der Waals surface area contributed by atoms with E-state index in [0.29, 0.717) is 5.69 Å². The summed E-state index contributed by atoms with van der Waals surface area (Å²) in [6, 6.07) is 9.01. The Labute approximate surface area is 129 Å². The molecule has 1 N–H and O–H groups in total. The molecule has 0 aliphatic heterocycles. The number of esters is 1. The molecule has 0 saturated heterocycles. The lowest BCUT2D eigenvalue weighted by Crippen LogP contribution is -2.22. The molecule has 110 valence electrons. The molecule has 2 aromatic carbocycles. The summed E-state index contributed by atoms with van der Waals surface area (Å²) in [5.74, 6) is -2.16. The number of hydrogen-bond donors (Lipinski definition) is 1. The summed E-state index contributed by atoms with van der Waals surface area (Å²) in [6.45, 7) is 0. The van der Waals surface area contributed by atoms with Gasteiger partial charge in [-0.3, -0.25) is 0 Å². The monoisotopic (exact) mass is 355 g/mol. The van der Waals surface area contributed by atoms with Crippen LogP contribution in [0, 0.1) is 11.6 Å². The average molecular weight is 356 g/mol. The third-order valence-electron chi connectivity index (χ3n) is 2.83. The lowest BCUT2D eigenvalue weighted by molar-refractivity contribution is -0.141. The van der Waals surface area contributed by atoms with Crippen LogP contribution in [0.15, 0.2) is 46.9 Å². The Morgan fingerprint density at radius 2 is 1.81 bits per heavy atom. The topological polar surface area (TPSA) is 38.3 Å². The first-order valence-corrected chi connectivity index (χ1v) is 6.85. The van der Waals surface area contributed by atoms with Gasteiger partial charge in [0.05, 0.1) is 7.11 Å². The lowest BCUT2D eigenvalue weighted by atomic mass is 10.1. The standard InChI is InChI=1S/C15H12BrF2NO2/c1-21-15(20)14(9-6-10(17)8-11(18)7-9)19-13-5-3-2-4-12(13)16/h2-8,14,19H,1H3. The van der Waals surface area contributed by atoms with Crippen LogP contribution >= 0.6 is 15.9 Å². The third kappa shape index (κ3) is 3.78. The van der Waals surface area contributed by atoms with E-state index >= 15 is 0 Å². The summed E-state index contributed by atoms with van der Waals surface area (Å²) in [5.41, 5.74) is 0.757. The van der Waals surface area contributed by atoms with E-state index in [4.69, 9.17) is 4.74 Å². The minimum atomic E-state index is -1.01. The van der Waals surface area contributed by atoms with Crippen LogP contribution in [-0.4, -0.2) is 13.1 Å². The number of carbonyl (C=O) groups excluding carboxylic acids is 1. The van der Waals surface area contributed by atoms with Crippen LogP contribution < -0.4 is 5.32 Å². The second-order valence-corrected chi connectivity index (χ2v) is 5.14. The number of rotatable bonds is 4. The second kappa shape index (κ2) is 6.67. The molecule has 0 fully saturated rings. The average Bonchev–Trinajstić information content (AvgIpc) is 2.44. The fraction of sp³-hybridized carbons (Fsp3) is 0.133. The molecule has 1 atom stereocenters. The van der Waals surface area contributed by atoms with Crippen LogP contribution in [0.5, 0.6) is 0 Å². The van der Waals surface area contributed by atoms with Gasteiger partial charge in [0.2, 0.25) is 0 Å². The molecule has 21 heavy (non-hydrogen) atoms. The number of benzene rings is 2. The van der Waals surface area contributed by atoms with Crippen molar-refractivity contribution in [3.63, 3.8) is 0 Å². The molecule has 6 heteroatoms. The van der Waals surface area contributed by atoms with E-state index in [1.54, 1.807) is 18.2 Å². The van der Waals surface area contributed by atoms with Gasteiger partial charge in [-0.1, -0.05) is 12.1 Å². The van der Waals surface area contributed by atoms with Crippen molar-refractivity contribution in [2.24, 2.45) is 0 Å². The maximum Gasteiger partial charge on any atom is 0.332 e. The largest absolute Gasteiger partial charge is 0.467 e. The summed E-state index contributed by atoms with van der Waals surface area (Å²) in [7, 11) is 1.21. The first kappa shape index (κ1) is 15.4. The number of halogens is 3. The number of methoxy groups -OCH3 is 1. The number of ether oxygens (including phenoxy) is 1. The Morgan fingerprint density at radius 1 is 1.19 bits per heavy atom. The van der Waals surface area contributed by atoms with Gasteiger partial charge < -0.3 is 10.1 Å². The summed E-state index contributed by atoms with van der Waals surface area (Å²) >= 11 is 3.33. The highest BCUT2D eigenvalue weighted by Gasteiger charge is 2.23. The van der Waals surface area contributed by atoms with Crippen molar-refractivity contribution in [2.75, 3.05) is 12.4 Å². The van der Waals surface area contributed by atoms with Gasteiger partial charge in [0.15, 0.2) is 6.04 Å². The molecule has 0 aliphatic carbocycles. The van der Waals surface area contributed by atoms with Crippen LogP contribution in [0.3, 0.4) is 0 Å². The Bertz CT molecular complexity index is 644. The van der Waals surface area contributed by atoms with E-state index < -0.39 is 23.6 Å². The van der Waals surface area contributed by atoms with Crippen molar-refractivity contribution in [2.45, 2.75) is 6.04 Å². The highest BCUT2D eigenvalue weighted by atomic mass is 79.9. The lowest BCUT2D eigenvalue weighted by Gasteiger charge is -2.19. The summed E-state index contributed by atoms with van der Waals surface area (Å²) < 4.78 is 32.1. The fourth-order valence-electron chi connectivity index (χ4n) is 1.87. The van der Waals surface area contributed by atoms with Crippen molar-refractivity contribution in [1.29, 1.82) is 0 Å².